The van der Waals surface area contributed by atoms with Crippen LogP contribution in [0.5, 0.6) is 0 Å². The summed E-state index contributed by atoms with van der Waals surface area (Å²) >= 11 is 0. The summed E-state index contributed by atoms with van der Waals surface area (Å²) < 4.78 is 1.34. The van der Waals surface area contributed by atoms with Crippen molar-refractivity contribution in [2.75, 3.05) is 0 Å². The highest BCUT2D eigenvalue weighted by atomic mass is 16.2. The molecule has 1 aromatic carbocycles. The number of benzene rings is 1. The lowest BCUT2D eigenvalue weighted by atomic mass is 10.2. The van der Waals surface area contributed by atoms with E-state index in [4.69, 9.17) is 0 Å². The van der Waals surface area contributed by atoms with Gasteiger partial charge in [-0.3, -0.25) is 9.78 Å². The van der Waals surface area contributed by atoms with Crippen molar-refractivity contribution >= 4 is 10.9 Å². The molecule has 3 aromatic rings. The smallest absolute Gasteiger partial charge is 0.273 e. The normalized spacial score (nSPS) is 10.8. The molecule has 0 amide bonds. The molecule has 6 heteroatoms. The van der Waals surface area contributed by atoms with E-state index in [1.165, 1.54) is 10.8 Å². The average Bonchev–Trinajstić information content (AvgIpc) is 2.39. The molecule has 0 unspecified atom stereocenters. The van der Waals surface area contributed by atoms with E-state index >= 15 is 0 Å². The van der Waals surface area contributed by atoms with Crippen molar-refractivity contribution in [1.29, 1.82) is 0 Å². The van der Waals surface area contributed by atoms with Crippen LogP contribution in [0.3, 0.4) is 0 Å². The Bertz CT molecular complexity index is 865. The highest BCUT2D eigenvalue weighted by molar-refractivity contribution is 5.79. The number of H-pyrrole nitrogens is 1. The summed E-state index contributed by atoms with van der Waals surface area (Å²) in [6.07, 6.45) is 1.52. The van der Waals surface area contributed by atoms with Gasteiger partial charge in [0.2, 0.25) is 0 Å². The van der Waals surface area contributed by atoms with Gasteiger partial charge >= 0.3 is 5.69 Å². The molecule has 1 N–H and O–H groups in total. The molecular formula is C13H10N4O2. The molecule has 0 spiro atoms. The van der Waals surface area contributed by atoms with Crippen LogP contribution in [-0.4, -0.2) is 19.7 Å². The molecule has 94 valence electrons. The Labute approximate surface area is 107 Å². The molecule has 0 saturated heterocycles. The largest absolute Gasteiger partial charge is 0.334 e. The number of hydrogen-bond acceptors (Lipinski definition) is 4. The minimum atomic E-state index is -0.524. The van der Waals surface area contributed by atoms with Crippen molar-refractivity contribution in [2.45, 2.75) is 6.92 Å². The molecule has 0 saturated carbocycles. The van der Waals surface area contributed by atoms with Crippen LogP contribution in [0.1, 0.15) is 5.56 Å². The Balaban J connectivity index is 2.51. The average molecular weight is 254 g/mol. The van der Waals surface area contributed by atoms with Crippen LogP contribution in [0, 0.1) is 6.92 Å². The number of fused-ring (bicyclic) bond motifs is 1. The van der Waals surface area contributed by atoms with E-state index in [2.05, 4.69) is 15.2 Å². The van der Waals surface area contributed by atoms with Gasteiger partial charge in [0.25, 0.3) is 5.56 Å². The Hall–Kier alpha value is -2.76. The van der Waals surface area contributed by atoms with E-state index in [1.54, 1.807) is 24.3 Å². The maximum atomic E-state index is 12.0. The zero-order valence-corrected chi connectivity index (χ0v) is 10.1. The third-order valence-corrected chi connectivity index (χ3v) is 2.85. The summed E-state index contributed by atoms with van der Waals surface area (Å²) in [7, 11) is 0. The van der Waals surface area contributed by atoms with Gasteiger partial charge in [-0.1, -0.05) is 6.07 Å². The van der Waals surface area contributed by atoms with Gasteiger partial charge in [0.1, 0.15) is 0 Å². The lowest BCUT2D eigenvalue weighted by molar-refractivity contribution is 0.867. The highest BCUT2D eigenvalue weighted by Gasteiger charge is 2.10. The van der Waals surface area contributed by atoms with Crippen LogP contribution in [0.15, 0.2) is 46.1 Å². The monoisotopic (exact) mass is 254 g/mol. The number of rotatable bonds is 1. The van der Waals surface area contributed by atoms with Crippen molar-refractivity contribution in [3.63, 3.8) is 0 Å². The maximum Gasteiger partial charge on any atom is 0.334 e. The first kappa shape index (κ1) is 11.3. The van der Waals surface area contributed by atoms with E-state index in [0.29, 0.717) is 16.7 Å². The molecule has 2 heterocycles. The highest BCUT2D eigenvalue weighted by Crippen LogP contribution is 2.13. The number of hydrogen-bond donors (Lipinski definition) is 1. The molecule has 0 atom stereocenters. The second-order valence-corrected chi connectivity index (χ2v) is 4.20. The van der Waals surface area contributed by atoms with Gasteiger partial charge in [0.15, 0.2) is 5.82 Å². The number of aromatic amines is 1. The summed E-state index contributed by atoms with van der Waals surface area (Å²) in [6, 6.07) is 8.63. The summed E-state index contributed by atoms with van der Waals surface area (Å²) in [6.45, 7) is 1.89. The van der Waals surface area contributed by atoms with Gasteiger partial charge in [-0.25, -0.2) is 9.36 Å². The van der Waals surface area contributed by atoms with Gasteiger partial charge in [-0.2, -0.15) is 5.10 Å². The predicted molar refractivity (Wildman–Crippen MR) is 70.5 cm³/mol. The number of aromatic nitrogens is 4. The summed E-state index contributed by atoms with van der Waals surface area (Å²) in [5.41, 5.74) is 0.549. The van der Waals surface area contributed by atoms with Crippen molar-refractivity contribution in [1.82, 2.24) is 19.7 Å². The van der Waals surface area contributed by atoms with Crippen LogP contribution in [0.4, 0.5) is 0 Å². The zero-order chi connectivity index (χ0) is 13.4. The van der Waals surface area contributed by atoms with Gasteiger partial charge < -0.3 is 0 Å². The van der Waals surface area contributed by atoms with Crippen molar-refractivity contribution in [3.8, 4) is 5.82 Å². The topological polar surface area (TPSA) is 80.6 Å². The Kier molecular flexibility index (Phi) is 2.49. The van der Waals surface area contributed by atoms with Gasteiger partial charge in [-0.05, 0) is 36.8 Å². The van der Waals surface area contributed by atoms with E-state index in [9.17, 15) is 9.59 Å². The molecular weight excluding hydrogens is 244 g/mol. The second-order valence-electron chi connectivity index (χ2n) is 4.20. The minimum absolute atomic E-state index is 0.374. The number of nitrogens with one attached hydrogen (secondary N) is 1. The Morgan fingerprint density at radius 3 is 2.79 bits per heavy atom. The van der Waals surface area contributed by atoms with Gasteiger partial charge in [0.05, 0.1) is 10.9 Å². The quantitative estimate of drug-likeness (QED) is 0.695. The summed E-state index contributed by atoms with van der Waals surface area (Å²) in [5.74, 6) is 0.374. The molecule has 0 bridgehead atoms. The minimum Gasteiger partial charge on any atom is -0.273 e. The zero-order valence-electron chi connectivity index (χ0n) is 10.1. The van der Waals surface area contributed by atoms with Crippen LogP contribution in [0.2, 0.25) is 0 Å². The first-order valence-electron chi connectivity index (χ1n) is 5.70. The Morgan fingerprint density at radius 1 is 1.21 bits per heavy atom. The molecule has 0 fully saturated rings. The van der Waals surface area contributed by atoms with Crippen molar-refractivity contribution in [3.05, 3.63) is 62.9 Å². The van der Waals surface area contributed by atoms with Crippen LogP contribution < -0.4 is 11.2 Å². The Morgan fingerprint density at radius 2 is 2.05 bits per heavy atom. The second kappa shape index (κ2) is 4.16. The fourth-order valence-electron chi connectivity index (χ4n) is 1.99. The van der Waals surface area contributed by atoms with Gasteiger partial charge in [0, 0.05) is 6.20 Å². The van der Waals surface area contributed by atoms with E-state index < -0.39 is 11.2 Å². The van der Waals surface area contributed by atoms with E-state index in [1.807, 2.05) is 13.0 Å². The van der Waals surface area contributed by atoms with Gasteiger partial charge in [-0.15, -0.1) is 5.10 Å². The summed E-state index contributed by atoms with van der Waals surface area (Å²) in [4.78, 5) is 26.1. The van der Waals surface area contributed by atoms with Crippen LogP contribution in [0.25, 0.3) is 16.7 Å². The SMILES string of the molecule is Cc1ccc2c(=O)[nH]c(=O)n(-c3cccnn3)c2c1. The molecule has 0 aliphatic heterocycles. The third kappa shape index (κ3) is 1.83. The van der Waals surface area contributed by atoms with E-state index in [-0.39, 0.29) is 0 Å². The van der Waals surface area contributed by atoms with Crippen LogP contribution >= 0.6 is 0 Å². The molecule has 0 aliphatic rings. The van der Waals surface area contributed by atoms with E-state index in [0.717, 1.165) is 5.56 Å². The lowest BCUT2D eigenvalue weighted by Crippen LogP contribution is -2.29. The third-order valence-electron chi connectivity index (χ3n) is 2.85. The molecule has 6 nitrogen and oxygen atoms in total. The maximum absolute atomic E-state index is 12.0. The molecule has 19 heavy (non-hydrogen) atoms. The molecule has 3 rings (SSSR count). The summed E-state index contributed by atoms with van der Waals surface area (Å²) in [5, 5.41) is 8.10. The number of aryl methyl sites for hydroxylation is 1. The first-order valence-corrected chi connectivity index (χ1v) is 5.70. The lowest BCUT2D eigenvalue weighted by Gasteiger charge is -2.08. The fourth-order valence-corrected chi connectivity index (χ4v) is 1.99. The predicted octanol–water partition coefficient (Wildman–Crippen LogP) is 0.777. The van der Waals surface area contributed by atoms with Crippen LogP contribution in [-0.2, 0) is 0 Å². The fraction of sp³-hybridized carbons (Fsp3) is 0.0769. The number of nitrogens with zero attached hydrogens (tertiary/aromatic N) is 3. The first-order chi connectivity index (χ1) is 9.16. The molecule has 0 radical (unpaired) electrons. The molecule has 2 aromatic heterocycles. The molecule has 0 aliphatic carbocycles. The van der Waals surface area contributed by atoms with Crippen molar-refractivity contribution in [2.24, 2.45) is 0 Å². The standard InChI is InChI=1S/C13H10N4O2/c1-8-4-5-9-10(7-8)17(13(19)15-12(9)18)11-3-2-6-14-16-11/h2-7H,1H3,(H,15,18,19). The van der Waals surface area contributed by atoms with Crippen molar-refractivity contribution < 1.29 is 0 Å².